The third kappa shape index (κ3) is 5.77. The monoisotopic (exact) mass is 544 g/mol. The molecule has 0 heterocycles. The second-order valence-electron chi connectivity index (χ2n) is 9.18. The van der Waals surface area contributed by atoms with Crippen molar-refractivity contribution in [1.82, 2.24) is 0 Å². The van der Waals surface area contributed by atoms with Gasteiger partial charge in [-0.2, -0.15) is 0 Å². The molecule has 0 spiro atoms. The number of azo groups is 1. The van der Waals surface area contributed by atoms with Gasteiger partial charge in [0.05, 0.1) is 12.7 Å². The molecule has 3 N–H and O–H groups in total. The minimum Gasteiger partial charge on any atom is -0.505 e. The second kappa shape index (κ2) is 12.1. The first-order valence-corrected chi connectivity index (χ1v) is 13.1. The van der Waals surface area contributed by atoms with Crippen molar-refractivity contribution < 1.29 is 19.4 Å². The van der Waals surface area contributed by atoms with E-state index in [-0.39, 0.29) is 22.9 Å². The Bertz CT molecular complexity index is 1750. The van der Waals surface area contributed by atoms with E-state index in [0.717, 1.165) is 10.9 Å². The molecule has 0 radical (unpaired) electrons. The van der Waals surface area contributed by atoms with Gasteiger partial charge in [0.2, 0.25) is 0 Å². The Morgan fingerprint density at radius 1 is 0.805 bits per heavy atom. The van der Waals surface area contributed by atoms with Gasteiger partial charge in [0.25, 0.3) is 11.8 Å². The molecule has 8 heteroatoms. The van der Waals surface area contributed by atoms with Crippen molar-refractivity contribution in [3.8, 4) is 11.5 Å². The lowest BCUT2D eigenvalue weighted by molar-refractivity contribution is 0.101. The Labute approximate surface area is 237 Å². The van der Waals surface area contributed by atoms with Crippen LogP contribution in [0.5, 0.6) is 11.5 Å². The molecular weight excluding hydrogens is 516 g/mol. The Morgan fingerprint density at radius 2 is 1.49 bits per heavy atom. The number of phenols is 1. The van der Waals surface area contributed by atoms with Crippen LogP contribution in [0.2, 0.25) is 0 Å². The number of phenolic OH excluding ortho intramolecular Hbond substituents is 1. The number of rotatable bonds is 8. The van der Waals surface area contributed by atoms with Crippen LogP contribution in [0.1, 0.15) is 33.2 Å². The highest BCUT2D eigenvalue weighted by atomic mass is 16.5. The van der Waals surface area contributed by atoms with Crippen molar-refractivity contribution in [1.29, 1.82) is 0 Å². The van der Waals surface area contributed by atoms with Crippen LogP contribution >= 0.6 is 0 Å². The van der Waals surface area contributed by atoms with E-state index in [1.807, 2.05) is 49.4 Å². The van der Waals surface area contributed by atoms with E-state index in [2.05, 4.69) is 20.9 Å². The smallest absolute Gasteiger partial charge is 0.259 e. The molecule has 0 atom stereocenters. The zero-order valence-corrected chi connectivity index (χ0v) is 22.6. The Balaban J connectivity index is 1.52. The number of anilines is 2. The van der Waals surface area contributed by atoms with Gasteiger partial charge in [-0.25, -0.2) is 0 Å². The lowest BCUT2D eigenvalue weighted by Crippen LogP contribution is -2.13. The third-order valence-corrected chi connectivity index (χ3v) is 6.61. The molecule has 5 aromatic carbocycles. The number of nitrogens with zero attached hydrogens (tertiary/aromatic N) is 2. The van der Waals surface area contributed by atoms with Crippen LogP contribution in [0.3, 0.4) is 0 Å². The Hall–Kier alpha value is -5.50. The molecule has 0 aliphatic rings. The van der Waals surface area contributed by atoms with E-state index in [0.29, 0.717) is 40.2 Å². The molecule has 0 fully saturated rings. The summed E-state index contributed by atoms with van der Waals surface area (Å²) in [6.07, 6.45) is 0.556. The molecule has 0 aromatic heterocycles. The van der Waals surface area contributed by atoms with E-state index >= 15 is 0 Å². The molecule has 0 saturated heterocycles. The summed E-state index contributed by atoms with van der Waals surface area (Å²) in [4.78, 5) is 25.9. The van der Waals surface area contributed by atoms with Crippen LogP contribution in [-0.4, -0.2) is 24.0 Å². The standard InChI is InChI=1S/C33H28N4O4/c1-3-24-27(35-32(39)21-12-6-4-7-13-21)18-19-28(31(24)41-2)36-37-29-25-17-11-10-14-22(25)20-26(30(29)38)33(40)34-23-15-8-5-9-16-23/h4-20,38H,3H2,1-2H3,(H,34,40)(H,35,39). The number of benzene rings is 5. The number of carbonyl (C=O) groups is 2. The number of ether oxygens (including phenoxy) is 1. The number of carbonyl (C=O) groups excluding carboxylic acids is 2. The van der Waals surface area contributed by atoms with Crippen LogP contribution in [-0.2, 0) is 6.42 Å². The minimum atomic E-state index is -0.472. The average Bonchev–Trinajstić information content (AvgIpc) is 3.01. The normalized spacial score (nSPS) is 11.0. The summed E-state index contributed by atoms with van der Waals surface area (Å²) in [5, 5.41) is 27.1. The highest BCUT2D eigenvalue weighted by molar-refractivity contribution is 6.11. The van der Waals surface area contributed by atoms with Crippen LogP contribution in [0.4, 0.5) is 22.7 Å². The molecule has 204 valence electrons. The van der Waals surface area contributed by atoms with Crippen molar-refractivity contribution >= 4 is 45.3 Å². The van der Waals surface area contributed by atoms with E-state index < -0.39 is 5.91 Å². The summed E-state index contributed by atoms with van der Waals surface area (Å²) in [5.74, 6) is -0.551. The number of nitrogens with one attached hydrogen (secondary N) is 2. The maximum Gasteiger partial charge on any atom is 0.259 e. The molecular formula is C33H28N4O4. The Morgan fingerprint density at radius 3 is 2.20 bits per heavy atom. The summed E-state index contributed by atoms with van der Waals surface area (Å²) in [7, 11) is 1.53. The first-order valence-electron chi connectivity index (χ1n) is 13.1. The zero-order valence-electron chi connectivity index (χ0n) is 22.6. The highest BCUT2D eigenvalue weighted by Crippen LogP contribution is 2.42. The minimum absolute atomic E-state index is 0.0710. The van der Waals surface area contributed by atoms with E-state index in [1.165, 1.54) is 7.11 Å². The first kappa shape index (κ1) is 27.1. The van der Waals surface area contributed by atoms with Crippen molar-refractivity contribution in [3.63, 3.8) is 0 Å². The predicted octanol–water partition coefficient (Wildman–Crippen LogP) is 8.04. The zero-order chi connectivity index (χ0) is 28.8. The van der Waals surface area contributed by atoms with Gasteiger partial charge in [-0.15, -0.1) is 10.2 Å². The number of hydrogen-bond donors (Lipinski definition) is 3. The van der Waals surface area contributed by atoms with Gasteiger partial charge in [-0.3, -0.25) is 9.59 Å². The number of fused-ring (bicyclic) bond motifs is 1. The summed E-state index contributed by atoms with van der Waals surface area (Å²) in [6, 6.07) is 30.3. The molecule has 5 rings (SSSR count). The molecule has 0 aliphatic heterocycles. The van der Waals surface area contributed by atoms with Crippen molar-refractivity contribution in [2.45, 2.75) is 13.3 Å². The fourth-order valence-electron chi connectivity index (χ4n) is 4.59. The Kier molecular flexibility index (Phi) is 8.01. The molecule has 0 saturated carbocycles. The van der Waals surface area contributed by atoms with Crippen LogP contribution < -0.4 is 15.4 Å². The maximum absolute atomic E-state index is 13.1. The molecule has 0 aliphatic carbocycles. The van der Waals surface area contributed by atoms with Gasteiger partial charge in [0.15, 0.2) is 11.5 Å². The summed E-state index contributed by atoms with van der Waals surface area (Å²) in [6.45, 7) is 1.95. The molecule has 5 aromatic rings. The number of amides is 2. The molecule has 2 amide bonds. The van der Waals surface area contributed by atoms with Crippen LogP contribution in [0, 0.1) is 0 Å². The lowest BCUT2D eigenvalue weighted by atomic mass is 10.0. The van der Waals surface area contributed by atoms with E-state index in [1.54, 1.807) is 60.7 Å². The number of aromatic hydroxyl groups is 1. The third-order valence-electron chi connectivity index (χ3n) is 6.61. The maximum atomic E-state index is 13.1. The van der Waals surface area contributed by atoms with Gasteiger partial charge in [-0.1, -0.05) is 67.6 Å². The van der Waals surface area contributed by atoms with E-state index in [9.17, 15) is 14.7 Å². The fourth-order valence-corrected chi connectivity index (χ4v) is 4.59. The van der Waals surface area contributed by atoms with Crippen molar-refractivity contribution in [3.05, 3.63) is 120 Å². The number of methoxy groups -OCH3 is 1. The fraction of sp³-hybridized carbons (Fsp3) is 0.0909. The second-order valence-corrected chi connectivity index (χ2v) is 9.18. The predicted molar refractivity (Wildman–Crippen MR) is 161 cm³/mol. The van der Waals surface area contributed by atoms with Gasteiger partial charge in [-0.05, 0) is 54.3 Å². The number of hydrogen-bond acceptors (Lipinski definition) is 6. The van der Waals surface area contributed by atoms with Crippen molar-refractivity contribution in [2.24, 2.45) is 10.2 Å². The van der Waals surface area contributed by atoms with Gasteiger partial charge in [0, 0.05) is 27.9 Å². The first-order chi connectivity index (χ1) is 20.0. The summed E-state index contributed by atoms with van der Waals surface area (Å²) < 4.78 is 5.70. The SMILES string of the molecule is CCc1c(NC(=O)c2ccccc2)ccc(N=Nc2c(O)c(C(=O)Nc3ccccc3)cc3ccccc23)c1OC. The molecule has 0 unspecified atom stereocenters. The average molecular weight is 545 g/mol. The largest absolute Gasteiger partial charge is 0.505 e. The van der Waals surface area contributed by atoms with Gasteiger partial charge >= 0.3 is 0 Å². The van der Waals surface area contributed by atoms with E-state index in [4.69, 9.17) is 4.74 Å². The van der Waals surface area contributed by atoms with Crippen LogP contribution in [0.25, 0.3) is 10.8 Å². The van der Waals surface area contributed by atoms with Gasteiger partial charge < -0.3 is 20.5 Å². The summed E-state index contributed by atoms with van der Waals surface area (Å²) in [5.41, 5.74) is 3.12. The number of para-hydroxylation sites is 1. The molecule has 41 heavy (non-hydrogen) atoms. The molecule has 8 nitrogen and oxygen atoms in total. The quantitative estimate of drug-likeness (QED) is 0.172. The van der Waals surface area contributed by atoms with Crippen LogP contribution in [0.15, 0.2) is 113 Å². The van der Waals surface area contributed by atoms with Crippen molar-refractivity contribution in [2.75, 3.05) is 17.7 Å². The lowest BCUT2D eigenvalue weighted by Gasteiger charge is -2.15. The van der Waals surface area contributed by atoms with Gasteiger partial charge in [0.1, 0.15) is 11.4 Å². The summed E-state index contributed by atoms with van der Waals surface area (Å²) >= 11 is 0. The topological polar surface area (TPSA) is 112 Å². The molecule has 0 bridgehead atoms. The highest BCUT2D eigenvalue weighted by Gasteiger charge is 2.20.